The highest BCUT2D eigenvalue weighted by Gasteiger charge is 2.19. The number of hydrogen-bond donors (Lipinski definition) is 0. The standard InChI is InChI=1S/C23H23N5O2/c1-15-10-11-20(16(2)12-15)28-22-19(13-24-28)17(3)25-27(23(22)30)14-21(29)26(4)18-8-6-5-7-9-18/h5-13H,14H2,1-4H3. The topological polar surface area (TPSA) is 73.0 Å². The second-order valence-corrected chi connectivity index (χ2v) is 7.45. The van der Waals surface area contributed by atoms with E-state index in [1.54, 1.807) is 17.9 Å². The quantitative estimate of drug-likeness (QED) is 0.527. The van der Waals surface area contributed by atoms with Crippen molar-refractivity contribution in [1.29, 1.82) is 0 Å². The summed E-state index contributed by atoms with van der Waals surface area (Å²) in [5.41, 5.74) is 4.47. The maximum atomic E-state index is 13.3. The first-order valence-corrected chi connectivity index (χ1v) is 9.71. The molecule has 0 saturated carbocycles. The third-order valence-corrected chi connectivity index (χ3v) is 5.25. The molecule has 152 valence electrons. The molecule has 0 aliphatic rings. The lowest BCUT2D eigenvalue weighted by Crippen LogP contribution is -2.35. The molecule has 30 heavy (non-hydrogen) atoms. The van der Waals surface area contributed by atoms with Crippen molar-refractivity contribution in [2.45, 2.75) is 27.3 Å². The Morgan fingerprint density at radius 3 is 2.50 bits per heavy atom. The van der Waals surface area contributed by atoms with Crippen LogP contribution in [-0.2, 0) is 11.3 Å². The molecule has 0 aliphatic carbocycles. The SMILES string of the molecule is Cc1ccc(-n2ncc3c(C)nn(CC(=O)N(C)c4ccccc4)c(=O)c32)c(C)c1. The van der Waals surface area contributed by atoms with Crippen molar-refractivity contribution in [1.82, 2.24) is 19.6 Å². The van der Waals surface area contributed by atoms with E-state index in [2.05, 4.69) is 10.2 Å². The van der Waals surface area contributed by atoms with Crippen LogP contribution in [-0.4, -0.2) is 32.5 Å². The zero-order valence-electron chi connectivity index (χ0n) is 17.5. The number of likely N-dealkylation sites (N-methyl/N-ethyl adjacent to an activating group) is 1. The second-order valence-electron chi connectivity index (χ2n) is 7.45. The van der Waals surface area contributed by atoms with E-state index in [9.17, 15) is 9.59 Å². The number of aromatic nitrogens is 4. The fourth-order valence-corrected chi connectivity index (χ4v) is 3.58. The van der Waals surface area contributed by atoms with E-state index in [1.807, 2.05) is 69.3 Å². The number of carbonyl (C=O) groups is 1. The Balaban J connectivity index is 1.78. The van der Waals surface area contributed by atoms with Gasteiger partial charge in [0.2, 0.25) is 5.91 Å². The third-order valence-electron chi connectivity index (χ3n) is 5.25. The summed E-state index contributed by atoms with van der Waals surface area (Å²) in [7, 11) is 1.69. The third kappa shape index (κ3) is 3.39. The number of para-hydroxylation sites is 1. The van der Waals surface area contributed by atoms with E-state index >= 15 is 0 Å². The summed E-state index contributed by atoms with van der Waals surface area (Å²) >= 11 is 0. The van der Waals surface area contributed by atoms with Crippen LogP contribution >= 0.6 is 0 Å². The van der Waals surface area contributed by atoms with Crippen LogP contribution in [0.5, 0.6) is 0 Å². The first-order chi connectivity index (χ1) is 14.4. The smallest absolute Gasteiger partial charge is 0.293 e. The largest absolute Gasteiger partial charge is 0.314 e. The first-order valence-electron chi connectivity index (χ1n) is 9.71. The van der Waals surface area contributed by atoms with Crippen molar-refractivity contribution in [3.8, 4) is 5.69 Å². The number of hydrogen-bond acceptors (Lipinski definition) is 4. The number of amides is 1. The number of benzene rings is 2. The maximum absolute atomic E-state index is 13.3. The van der Waals surface area contributed by atoms with Gasteiger partial charge in [-0.1, -0.05) is 35.9 Å². The summed E-state index contributed by atoms with van der Waals surface area (Å²) < 4.78 is 2.87. The molecule has 2 aromatic carbocycles. The van der Waals surface area contributed by atoms with Crippen molar-refractivity contribution in [3.63, 3.8) is 0 Å². The van der Waals surface area contributed by atoms with E-state index in [-0.39, 0.29) is 18.0 Å². The molecule has 2 aromatic heterocycles. The van der Waals surface area contributed by atoms with Crippen LogP contribution in [0.15, 0.2) is 59.5 Å². The molecular formula is C23H23N5O2. The number of carbonyl (C=O) groups excluding carboxylic acids is 1. The van der Waals surface area contributed by atoms with Crippen molar-refractivity contribution < 1.29 is 4.79 Å². The summed E-state index contributed by atoms with van der Waals surface area (Å²) in [5.74, 6) is -0.230. The first kappa shape index (κ1) is 19.6. The van der Waals surface area contributed by atoms with Crippen LogP contribution in [0.1, 0.15) is 16.8 Å². The molecule has 0 radical (unpaired) electrons. The van der Waals surface area contributed by atoms with Crippen molar-refractivity contribution in [3.05, 3.63) is 81.9 Å². The lowest BCUT2D eigenvalue weighted by atomic mass is 10.1. The van der Waals surface area contributed by atoms with Gasteiger partial charge in [0.1, 0.15) is 12.1 Å². The van der Waals surface area contributed by atoms with E-state index in [4.69, 9.17) is 0 Å². The molecule has 0 unspecified atom stereocenters. The normalized spacial score (nSPS) is 11.1. The highest BCUT2D eigenvalue weighted by Crippen LogP contribution is 2.21. The van der Waals surface area contributed by atoms with Crippen molar-refractivity contribution in [2.75, 3.05) is 11.9 Å². The van der Waals surface area contributed by atoms with Gasteiger partial charge >= 0.3 is 0 Å². The number of anilines is 1. The summed E-state index contributed by atoms with van der Waals surface area (Å²) in [4.78, 5) is 27.6. The van der Waals surface area contributed by atoms with Gasteiger partial charge in [-0.15, -0.1) is 0 Å². The number of aryl methyl sites for hydroxylation is 3. The molecule has 2 heterocycles. The van der Waals surface area contributed by atoms with Gasteiger partial charge in [0.25, 0.3) is 5.56 Å². The van der Waals surface area contributed by atoms with Gasteiger partial charge in [-0.05, 0) is 44.5 Å². The molecule has 7 nitrogen and oxygen atoms in total. The van der Waals surface area contributed by atoms with Gasteiger partial charge in [0.05, 0.1) is 17.6 Å². The lowest BCUT2D eigenvalue weighted by molar-refractivity contribution is -0.119. The predicted molar refractivity (Wildman–Crippen MR) is 117 cm³/mol. The average molecular weight is 401 g/mol. The molecule has 0 bridgehead atoms. The highest BCUT2D eigenvalue weighted by atomic mass is 16.2. The summed E-state index contributed by atoms with van der Waals surface area (Å²) in [6.45, 7) is 5.67. The van der Waals surface area contributed by atoms with Gasteiger partial charge < -0.3 is 4.90 Å². The molecule has 0 aliphatic heterocycles. The second kappa shape index (κ2) is 7.59. The molecule has 4 rings (SSSR count). The predicted octanol–water partition coefficient (Wildman–Crippen LogP) is 3.17. The lowest BCUT2D eigenvalue weighted by Gasteiger charge is -2.18. The summed E-state index contributed by atoms with van der Waals surface area (Å²) in [6, 6.07) is 15.3. The molecule has 4 aromatic rings. The van der Waals surface area contributed by atoms with E-state index in [0.717, 1.165) is 22.5 Å². The number of rotatable bonds is 4. The van der Waals surface area contributed by atoms with E-state index < -0.39 is 0 Å². The van der Waals surface area contributed by atoms with Gasteiger partial charge in [-0.25, -0.2) is 9.36 Å². The van der Waals surface area contributed by atoms with Crippen molar-refractivity contribution >= 4 is 22.5 Å². The Hall–Kier alpha value is -3.74. The monoisotopic (exact) mass is 401 g/mol. The summed E-state index contributed by atoms with van der Waals surface area (Å²) in [5, 5.41) is 9.49. The minimum atomic E-state index is -0.345. The van der Waals surface area contributed by atoms with Crippen LogP contribution in [0.25, 0.3) is 16.6 Å². The zero-order valence-corrected chi connectivity index (χ0v) is 17.5. The Labute approximate surface area is 174 Å². The Kier molecular flexibility index (Phi) is 4.95. The number of fused-ring (bicyclic) bond motifs is 1. The molecule has 7 heteroatoms. The minimum Gasteiger partial charge on any atom is -0.314 e. The highest BCUT2D eigenvalue weighted by molar-refractivity contribution is 5.92. The van der Waals surface area contributed by atoms with Crippen LogP contribution in [0.3, 0.4) is 0 Å². The molecular weight excluding hydrogens is 378 g/mol. The minimum absolute atomic E-state index is 0.154. The molecule has 0 spiro atoms. The van der Waals surface area contributed by atoms with E-state index in [0.29, 0.717) is 16.6 Å². The Morgan fingerprint density at radius 1 is 1.07 bits per heavy atom. The Bertz CT molecular complexity index is 1300. The van der Waals surface area contributed by atoms with Gasteiger partial charge in [-0.2, -0.15) is 10.2 Å². The Morgan fingerprint density at radius 2 is 1.80 bits per heavy atom. The van der Waals surface area contributed by atoms with Crippen molar-refractivity contribution in [2.24, 2.45) is 0 Å². The van der Waals surface area contributed by atoms with E-state index in [1.165, 1.54) is 9.58 Å². The zero-order chi connectivity index (χ0) is 21.4. The maximum Gasteiger partial charge on any atom is 0.293 e. The van der Waals surface area contributed by atoms with Gasteiger partial charge in [0, 0.05) is 18.1 Å². The molecule has 0 N–H and O–H groups in total. The van der Waals surface area contributed by atoms with Gasteiger partial charge in [-0.3, -0.25) is 9.59 Å². The van der Waals surface area contributed by atoms with Crippen LogP contribution in [0.2, 0.25) is 0 Å². The molecule has 1 amide bonds. The van der Waals surface area contributed by atoms with Crippen LogP contribution in [0.4, 0.5) is 5.69 Å². The molecule has 0 atom stereocenters. The fourth-order valence-electron chi connectivity index (χ4n) is 3.58. The number of nitrogens with zero attached hydrogens (tertiary/aromatic N) is 5. The van der Waals surface area contributed by atoms with Crippen LogP contribution in [0, 0.1) is 20.8 Å². The fraction of sp³-hybridized carbons (Fsp3) is 0.217. The molecule has 0 fully saturated rings. The summed E-state index contributed by atoms with van der Waals surface area (Å²) in [6.07, 6.45) is 1.65. The average Bonchev–Trinajstić information content (AvgIpc) is 3.17. The molecule has 0 saturated heterocycles. The van der Waals surface area contributed by atoms with Crippen LogP contribution < -0.4 is 10.5 Å². The van der Waals surface area contributed by atoms with Gasteiger partial charge in [0.15, 0.2) is 0 Å².